The quantitative estimate of drug-likeness (QED) is 0.401. The summed E-state index contributed by atoms with van der Waals surface area (Å²) in [6, 6.07) is 8.75. The zero-order chi connectivity index (χ0) is 27.1. The van der Waals surface area contributed by atoms with Gasteiger partial charge in [0.05, 0.1) is 18.8 Å². The number of morpholine rings is 1. The summed E-state index contributed by atoms with van der Waals surface area (Å²) in [5.74, 6) is 0.720. The number of carbonyl (C=O) groups is 1. The van der Waals surface area contributed by atoms with E-state index in [1.807, 2.05) is 10.6 Å². The Bertz CT molecular complexity index is 1520. The average molecular weight is 538 g/mol. The lowest BCUT2D eigenvalue weighted by Gasteiger charge is -2.41. The fraction of sp³-hybridized carbons (Fsp3) is 0.333. The fourth-order valence-electron chi connectivity index (χ4n) is 5.39. The molecule has 12 heteroatoms. The zero-order valence-corrected chi connectivity index (χ0v) is 20.9. The third-order valence-electron chi connectivity index (χ3n) is 7.38. The smallest absolute Gasteiger partial charge is 0.382 e. The normalized spacial score (nSPS) is 20.1. The van der Waals surface area contributed by atoms with Crippen LogP contribution in [0.25, 0.3) is 16.8 Å². The summed E-state index contributed by atoms with van der Waals surface area (Å²) >= 11 is 0. The Kier molecular flexibility index (Phi) is 6.43. The van der Waals surface area contributed by atoms with Crippen molar-refractivity contribution in [1.29, 1.82) is 0 Å². The van der Waals surface area contributed by atoms with Gasteiger partial charge in [-0.2, -0.15) is 13.2 Å². The number of rotatable bonds is 4. The summed E-state index contributed by atoms with van der Waals surface area (Å²) in [4.78, 5) is 28.3. The molecule has 0 aliphatic carbocycles. The van der Waals surface area contributed by atoms with Gasteiger partial charge in [0, 0.05) is 54.8 Å². The number of hydrogen-bond acceptors (Lipinski definition) is 7. The van der Waals surface area contributed by atoms with Crippen LogP contribution in [0.3, 0.4) is 0 Å². The van der Waals surface area contributed by atoms with Crippen molar-refractivity contribution in [3.05, 3.63) is 71.9 Å². The second kappa shape index (κ2) is 9.93. The van der Waals surface area contributed by atoms with E-state index in [1.165, 1.54) is 0 Å². The molecular weight excluding hydrogens is 511 g/mol. The van der Waals surface area contributed by atoms with Crippen LogP contribution >= 0.6 is 0 Å². The second-order valence-electron chi connectivity index (χ2n) is 9.81. The third-order valence-corrected chi connectivity index (χ3v) is 7.38. The van der Waals surface area contributed by atoms with Crippen LogP contribution < -0.4 is 11.1 Å². The monoisotopic (exact) mass is 537 g/mol. The average Bonchev–Trinajstić information content (AvgIpc) is 3.33. The van der Waals surface area contributed by atoms with Gasteiger partial charge in [0.25, 0.3) is 5.91 Å². The van der Waals surface area contributed by atoms with Crippen molar-refractivity contribution in [1.82, 2.24) is 24.3 Å². The Morgan fingerprint density at radius 1 is 1.10 bits per heavy atom. The standard InChI is InChI=1S/C27H26F3N7O2/c28-27(29,30)19-7-8-32-21(13-19)34-26(38)17-3-1-16(2-4-17)22-23-24(31)33-9-10-37(23)25(35-22)18-5-6-20-15-39-12-11-36(20)14-18/h1-4,7-10,13,18,20H,5-6,11-12,14-15H2,(H2,31,33)(H,32,34,38)/t18-,20+/m0/s1. The van der Waals surface area contributed by atoms with Gasteiger partial charge in [0.1, 0.15) is 28.7 Å². The largest absolute Gasteiger partial charge is 0.416 e. The molecule has 0 bridgehead atoms. The molecule has 6 rings (SSSR count). The Balaban J connectivity index is 1.27. The van der Waals surface area contributed by atoms with Gasteiger partial charge >= 0.3 is 6.18 Å². The number of nitrogens with one attached hydrogen (secondary N) is 1. The van der Waals surface area contributed by atoms with Gasteiger partial charge in [-0.15, -0.1) is 0 Å². The van der Waals surface area contributed by atoms with E-state index in [1.54, 1.807) is 30.5 Å². The number of anilines is 2. The lowest BCUT2D eigenvalue weighted by molar-refractivity contribution is -0.137. The molecule has 0 saturated carbocycles. The molecule has 0 radical (unpaired) electrons. The number of piperidine rings is 1. The maximum absolute atomic E-state index is 13.0. The maximum atomic E-state index is 13.0. The molecule has 2 aliphatic heterocycles. The minimum atomic E-state index is -4.53. The number of halogens is 3. The first-order chi connectivity index (χ1) is 18.8. The van der Waals surface area contributed by atoms with E-state index >= 15 is 0 Å². The zero-order valence-electron chi connectivity index (χ0n) is 20.9. The van der Waals surface area contributed by atoms with Gasteiger partial charge in [0.2, 0.25) is 0 Å². The number of pyridine rings is 1. The molecule has 0 spiro atoms. The predicted octanol–water partition coefficient (Wildman–Crippen LogP) is 4.22. The van der Waals surface area contributed by atoms with Crippen LogP contribution in [0.15, 0.2) is 55.0 Å². The van der Waals surface area contributed by atoms with E-state index in [2.05, 4.69) is 20.2 Å². The number of carbonyl (C=O) groups excluding carboxylic acids is 1. The van der Waals surface area contributed by atoms with E-state index in [0.29, 0.717) is 23.1 Å². The molecule has 2 atom stereocenters. The molecule has 1 aromatic carbocycles. The van der Waals surface area contributed by atoms with Crippen molar-refractivity contribution in [2.45, 2.75) is 31.0 Å². The van der Waals surface area contributed by atoms with Gasteiger partial charge in [-0.3, -0.25) is 14.1 Å². The van der Waals surface area contributed by atoms with Crippen molar-refractivity contribution in [3.63, 3.8) is 0 Å². The first-order valence-corrected chi connectivity index (χ1v) is 12.7. The summed E-state index contributed by atoms with van der Waals surface area (Å²) in [5, 5.41) is 2.43. The molecule has 2 aliphatic rings. The molecule has 3 N–H and O–H groups in total. The van der Waals surface area contributed by atoms with Gasteiger partial charge < -0.3 is 15.8 Å². The number of nitrogen functional groups attached to an aromatic ring is 1. The SMILES string of the molecule is Nc1nccn2c([C@H]3CC[C@@H]4COCCN4C3)nc(-c3ccc(C(=O)Nc4cc(C(F)(F)F)ccn4)cc3)c12. The van der Waals surface area contributed by atoms with Crippen molar-refractivity contribution < 1.29 is 22.7 Å². The first kappa shape index (κ1) is 25.3. The molecule has 0 unspecified atom stereocenters. The minimum Gasteiger partial charge on any atom is -0.382 e. The Labute approximate surface area is 221 Å². The van der Waals surface area contributed by atoms with Crippen LogP contribution in [-0.4, -0.2) is 62.5 Å². The predicted molar refractivity (Wildman–Crippen MR) is 138 cm³/mol. The van der Waals surface area contributed by atoms with Crippen LogP contribution in [0.2, 0.25) is 0 Å². The number of aromatic nitrogens is 4. The van der Waals surface area contributed by atoms with E-state index < -0.39 is 17.6 Å². The summed E-state index contributed by atoms with van der Waals surface area (Å²) in [6.07, 6.45) is 2.01. The second-order valence-corrected chi connectivity index (χ2v) is 9.81. The van der Waals surface area contributed by atoms with E-state index in [4.69, 9.17) is 15.5 Å². The number of nitrogens with zero attached hydrogens (tertiary/aromatic N) is 5. The van der Waals surface area contributed by atoms with Gasteiger partial charge in [-0.05, 0) is 37.1 Å². The van der Waals surface area contributed by atoms with E-state index in [9.17, 15) is 18.0 Å². The Hall–Kier alpha value is -4.03. The first-order valence-electron chi connectivity index (χ1n) is 12.7. The molecule has 202 valence electrons. The number of hydrogen-bond donors (Lipinski definition) is 2. The molecule has 2 fully saturated rings. The van der Waals surface area contributed by atoms with E-state index in [-0.39, 0.29) is 17.3 Å². The Morgan fingerprint density at radius 2 is 1.92 bits per heavy atom. The number of imidazole rings is 1. The number of ether oxygens (including phenoxy) is 1. The van der Waals surface area contributed by atoms with Crippen LogP contribution in [0, 0.1) is 0 Å². The number of alkyl halides is 3. The van der Waals surface area contributed by atoms with Gasteiger partial charge in [-0.25, -0.2) is 15.0 Å². The van der Waals surface area contributed by atoms with E-state index in [0.717, 1.165) is 68.9 Å². The lowest BCUT2D eigenvalue weighted by Crippen LogP contribution is -2.50. The molecule has 39 heavy (non-hydrogen) atoms. The highest BCUT2D eigenvalue weighted by Crippen LogP contribution is 2.36. The lowest BCUT2D eigenvalue weighted by atomic mass is 9.91. The van der Waals surface area contributed by atoms with Gasteiger partial charge in [-0.1, -0.05) is 12.1 Å². The van der Waals surface area contributed by atoms with Crippen LogP contribution in [0.4, 0.5) is 24.8 Å². The van der Waals surface area contributed by atoms with Crippen molar-refractivity contribution >= 4 is 23.1 Å². The number of nitrogens with two attached hydrogens (primary N) is 1. The number of benzene rings is 1. The highest BCUT2D eigenvalue weighted by atomic mass is 19.4. The maximum Gasteiger partial charge on any atom is 0.416 e. The van der Waals surface area contributed by atoms with Crippen molar-refractivity contribution in [3.8, 4) is 11.3 Å². The molecule has 4 aromatic rings. The van der Waals surface area contributed by atoms with Gasteiger partial charge in [0.15, 0.2) is 0 Å². The summed E-state index contributed by atoms with van der Waals surface area (Å²) in [5.41, 5.74) is 7.77. The molecule has 5 heterocycles. The van der Waals surface area contributed by atoms with Crippen molar-refractivity contribution in [2.75, 3.05) is 37.4 Å². The topological polar surface area (TPSA) is 111 Å². The summed E-state index contributed by atoms with van der Waals surface area (Å²) in [7, 11) is 0. The van der Waals surface area contributed by atoms with Crippen LogP contribution in [0.1, 0.15) is 40.5 Å². The molecule has 1 amide bonds. The minimum absolute atomic E-state index is 0.183. The Morgan fingerprint density at radius 3 is 2.72 bits per heavy atom. The van der Waals surface area contributed by atoms with Crippen LogP contribution in [-0.2, 0) is 10.9 Å². The summed E-state index contributed by atoms with van der Waals surface area (Å²) < 4.78 is 46.6. The fourth-order valence-corrected chi connectivity index (χ4v) is 5.39. The summed E-state index contributed by atoms with van der Waals surface area (Å²) in [6.45, 7) is 3.29. The van der Waals surface area contributed by atoms with Crippen molar-refractivity contribution in [2.24, 2.45) is 0 Å². The molecule has 9 nitrogen and oxygen atoms in total. The van der Waals surface area contributed by atoms with Crippen LogP contribution in [0.5, 0.6) is 0 Å². The molecule has 3 aromatic heterocycles. The number of amides is 1. The third kappa shape index (κ3) is 4.92. The molecular formula is C27H26F3N7O2. The number of fused-ring (bicyclic) bond motifs is 2. The molecule has 2 saturated heterocycles. The highest BCUT2D eigenvalue weighted by molar-refractivity contribution is 6.04. The highest BCUT2D eigenvalue weighted by Gasteiger charge is 2.34.